The number of hydrogen-bond acceptors (Lipinski definition) is 6. The molecular weight excluding hydrogens is 615 g/mol. The lowest BCUT2D eigenvalue weighted by Crippen LogP contribution is -2.39. The summed E-state index contributed by atoms with van der Waals surface area (Å²) in [7, 11) is 0. The molecule has 3 aromatic carbocycles. The average Bonchev–Trinajstić information content (AvgIpc) is 3.57. The van der Waals surface area contributed by atoms with Crippen LogP contribution in [0.15, 0.2) is 105 Å². The van der Waals surface area contributed by atoms with Gasteiger partial charge in [0.2, 0.25) is 0 Å². The Kier molecular flexibility index (Phi) is 7.92. The van der Waals surface area contributed by atoms with E-state index in [1.54, 1.807) is 67.6 Å². The van der Waals surface area contributed by atoms with Crippen molar-refractivity contribution in [2.75, 3.05) is 6.61 Å². The molecule has 1 aliphatic heterocycles. The van der Waals surface area contributed by atoms with Gasteiger partial charge in [-0.05, 0) is 55.0 Å². The lowest BCUT2D eigenvalue weighted by Gasteiger charge is -2.25. The van der Waals surface area contributed by atoms with Gasteiger partial charge in [0.25, 0.3) is 5.56 Å². The van der Waals surface area contributed by atoms with Crippen LogP contribution in [0.3, 0.4) is 0 Å². The van der Waals surface area contributed by atoms with Crippen LogP contribution in [0.2, 0.25) is 15.1 Å². The van der Waals surface area contributed by atoms with Gasteiger partial charge >= 0.3 is 5.97 Å². The van der Waals surface area contributed by atoms with Crippen LogP contribution in [0.25, 0.3) is 23.1 Å². The Morgan fingerprint density at radius 3 is 2.45 bits per heavy atom. The molecule has 6 rings (SSSR count). The lowest BCUT2D eigenvalue weighted by molar-refractivity contribution is -0.138. The monoisotopic (exact) mass is 634 g/mol. The van der Waals surface area contributed by atoms with Gasteiger partial charge in [0.15, 0.2) is 4.80 Å². The molecule has 0 saturated heterocycles. The van der Waals surface area contributed by atoms with Crippen molar-refractivity contribution in [1.82, 2.24) is 4.57 Å². The van der Waals surface area contributed by atoms with Crippen molar-refractivity contribution >= 4 is 63.9 Å². The SMILES string of the molecule is CCOC(=O)C1=C(c2ccccc2)N=c2s/c(=C\c3ccc(-c4ccc(Cl)cc4Cl)o3)c(=O)n2[C@H]1c1ccc(Cl)cc1. The number of carbonyl (C=O) groups excluding carboxylic acids is 1. The third-order valence-corrected chi connectivity index (χ3v) is 8.44. The van der Waals surface area contributed by atoms with Crippen LogP contribution in [-0.4, -0.2) is 17.1 Å². The number of esters is 1. The minimum atomic E-state index is -0.796. The number of halogens is 3. The Bertz CT molecular complexity index is 2030. The number of hydrogen-bond donors (Lipinski definition) is 0. The number of furan rings is 1. The van der Waals surface area contributed by atoms with Crippen LogP contribution in [0.5, 0.6) is 0 Å². The van der Waals surface area contributed by atoms with E-state index >= 15 is 0 Å². The van der Waals surface area contributed by atoms with Gasteiger partial charge in [0, 0.05) is 27.2 Å². The Morgan fingerprint density at radius 2 is 1.74 bits per heavy atom. The molecular formula is C32H21Cl3N2O4S. The highest BCUT2D eigenvalue weighted by Crippen LogP contribution is 2.36. The summed E-state index contributed by atoms with van der Waals surface area (Å²) in [6, 6.07) is 24.3. The standard InChI is InChI=1S/C32H21Cl3N2O4S/c1-2-40-31(39)27-28(18-6-4-3-5-7-18)36-32-37(29(27)19-8-10-20(33)11-9-19)30(38)26(42-32)17-22-13-15-25(41-22)23-14-12-21(34)16-24(23)35/h3-17,29H,2H2,1H3/b26-17-/t29-/m0/s1. The second kappa shape index (κ2) is 11.8. The molecule has 0 bridgehead atoms. The number of thiazole rings is 1. The number of aromatic nitrogens is 1. The smallest absolute Gasteiger partial charge is 0.338 e. The summed E-state index contributed by atoms with van der Waals surface area (Å²) in [5, 5.41) is 1.50. The van der Waals surface area contributed by atoms with Crippen molar-refractivity contribution in [3.05, 3.63) is 142 Å². The van der Waals surface area contributed by atoms with Crippen molar-refractivity contribution < 1.29 is 13.9 Å². The van der Waals surface area contributed by atoms with Gasteiger partial charge in [-0.1, -0.05) is 88.6 Å². The largest absolute Gasteiger partial charge is 0.463 e. The molecule has 3 heterocycles. The molecule has 6 nitrogen and oxygen atoms in total. The van der Waals surface area contributed by atoms with E-state index in [1.165, 1.54) is 15.9 Å². The minimum Gasteiger partial charge on any atom is -0.463 e. The van der Waals surface area contributed by atoms with Crippen LogP contribution >= 0.6 is 46.1 Å². The molecule has 2 aromatic heterocycles. The first-order valence-corrected chi connectivity index (χ1v) is 14.9. The average molecular weight is 636 g/mol. The van der Waals surface area contributed by atoms with Gasteiger partial charge in [-0.2, -0.15) is 0 Å². The zero-order valence-electron chi connectivity index (χ0n) is 22.0. The van der Waals surface area contributed by atoms with Gasteiger partial charge in [0.1, 0.15) is 11.5 Å². The van der Waals surface area contributed by atoms with E-state index in [4.69, 9.17) is 48.9 Å². The van der Waals surface area contributed by atoms with Crippen LogP contribution in [0.1, 0.15) is 29.9 Å². The summed E-state index contributed by atoms with van der Waals surface area (Å²) < 4.78 is 13.4. The van der Waals surface area contributed by atoms with Gasteiger partial charge in [-0.15, -0.1) is 0 Å². The van der Waals surface area contributed by atoms with Gasteiger partial charge in [0.05, 0.1) is 33.5 Å². The van der Waals surface area contributed by atoms with Crippen molar-refractivity contribution in [2.24, 2.45) is 4.99 Å². The molecule has 0 amide bonds. The normalized spacial score (nSPS) is 15.0. The number of fused-ring (bicyclic) bond motifs is 1. The predicted octanol–water partition coefficient (Wildman–Crippen LogP) is 7.16. The number of carbonyl (C=O) groups is 1. The number of benzene rings is 3. The summed E-state index contributed by atoms with van der Waals surface area (Å²) in [6.07, 6.45) is 1.66. The maximum absolute atomic E-state index is 14.0. The molecule has 5 aromatic rings. The van der Waals surface area contributed by atoms with E-state index in [0.717, 1.165) is 5.56 Å². The molecule has 0 unspecified atom stereocenters. The van der Waals surface area contributed by atoms with Gasteiger partial charge in [-0.25, -0.2) is 9.79 Å². The fourth-order valence-electron chi connectivity index (χ4n) is 4.79. The van der Waals surface area contributed by atoms with Gasteiger partial charge in [-0.3, -0.25) is 9.36 Å². The third kappa shape index (κ3) is 5.37. The first kappa shape index (κ1) is 28.2. The fourth-order valence-corrected chi connectivity index (χ4v) is 6.40. The predicted molar refractivity (Wildman–Crippen MR) is 167 cm³/mol. The highest BCUT2D eigenvalue weighted by atomic mass is 35.5. The highest BCUT2D eigenvalue weighted by molar-refractivity contribution is 7.07. The molecule has 0 saturated carbocycles. The third-order valence-electron chi connectivity index (χ3n) is 6.66. The second-order valence-electron chi connectivity index (χ2n) is 9.31. The summed E-state index contributed by atoms with van der Waals surface area (Å²) in [6.45, 7) is 1.91. The first-order valence-electron chi connectivity index (χ1n) is 12.9. The van der Waals surface area contributed by atoms with E-state index in [9.17, 15) is 9.59 Å². The van der Waals surface area contributed by atoms with E-state index in [1.807, 2.05) is 30.3 Å². The molecule has 1 aliphatic rings. The Labute approximate surface area is 259 Å². The van der Waals surface area contributed by atoms with Crippen molar-refractivity contribution in [3.63, 3.8) is 0 Å². The molecule has 42 heavy (non-hydrogen) atoms. The van der Waals surface area contributed by atoms with Gasteiger partial charge < -0.3 is 9.15 Å². The summed E-state index contributed by atoms with van der Waals surface area (Å²) in [5.74, 6) is 0.438. The molecule has 10 heteroatoms. The zero-order valence-corrected chi connectivity index (χ0v) is 25.1. The number of ether oxygens (including phenoxy) is 1. The molecule has 0 aliphatic carbocycles. The van der Waals surface area contributed by atoms with E-state index < -0.39 is 12.0 Å². The summed E-state index contributed by atoms with van der Waals surface area (Å²) >= 11 is 19.8. The zero-order chi connectivity index (χ0) is 29.4. The van der Waals surface area contributed by atoms with E-state index in [-0.39, 0.29) is 17.7 Å². The van der Waals surface area contributed by atoms with Crippen LogP contribution in [-0.2, 0) is 9.53 Å². The van der Waals surface area contributed by atoms with E-state index in [0.29, 0.717) is 52.7 Å². The molecule has 0 radical (unpaired) electrons. The highest BCUT2D eigenvalue weighted by Gasteiger charge is 2.35. The van der Waals surface area contributed by atoms with Crippen LogP contribution in [0, 0.1) is 0 Å². The van der Waals surface area contributed by atoms with Crippen molar-refractivity contribution in [1.29, 1.82) is 0 Å². The van der Waals surface area contributed by atoms with Crippen molar-refractivity contribution in [2.45, 2.75) is 13.0 Å². The summed E-state index contributed by atoms with van der Waals surface area (Å²) in [5.41, 5.74) is 2.48. The number of nitrogens with zero attached hydrogens (tertiary/aromatic N) is 2. The number of rotatable bonds is 6. The van der Waals surface area contributed by atoms with Crippen LogP contribution < -0.4 is 14.9 Å². The second-order valence-corrected chi connectivity index (χ2v) is 11.6. The Balaban J connectivity index is 1.55. The topological polar surface area (TPSA) is 73.8 Å². The maximum atomic E-state index is 14.0. The summed E-state index contributed by atoms with van der Waals surface area (Å²) in [4.78, 5) is 32.8. The lowest BCUT2D eigenvalue weighted by atomic mass is 9.93. The molecule has 1 atom stereocenters. The maximum Gasteiger partial charge on any atom is 0.338 e. The minimum absolute atomic E-state index is 0.167. The Morgan fingerprint density at radius 1 is 1.00 bits per heavy atom. The fraction of sp³-hybridized carbons (Fsp3) is 0.0938. The first-order chi connectivity index (χ1) is 20.3. The van der Waals surface area contributed by atoms with Crippen LogP contribution in [0.4, 0.5) is 0 Å². The molecule has 0 N–H and O–H groups in total. The quantitative estimate of drug-likeness (QED) is 0.186. The van der Waals surface area contributed by atoms with E-state index in [2.05, 4.69) is 0 Å². The molecule has 0 spiro atoms. The Hall–Kier alpha value is -3.88. The molecule has 210 valence electrons. The molecule has 0 fully saturated rings. The van der Waals surface area contributed by atoms with Crippen molar-refractivity contribution in [3.8, 4) is 11.3 Å².